The molecule has 0 N–H and O–H groups in total. The van der Waals surface area contributed by atoms with Gasteiger partial charge in [-0.25, -0.2) is 0 Å². The second kappa shape index (κ2) is 14.3. The Morgan fingerprint density at radius 2 is 0.758 bits per heavy atom. The van der Waals surface area contributed by atoms with Crippen molar-refractivity contribution in [1.82, 2.24) is 0 Å². The number of nitrogens with zero attached hydrogens (tertiary/aromatic N) is 2. The molecule has 2 aromatic carbocycles. The number of benzene rings is 2. The van der Waals surface area contributed by atoms with Crippen LogP contribution in [-0.4, -0.2) is 12.4 Å². The Bertz CT molecular complexity index is 816. The molecule has 33 heavy (non-hydrogen) atoms. The molecule has 0 heterocycles. The van der Waals surface area contributed by atoms with E-state index in [-0.39, 0.29) is 0 Å². The van der Waals surface area contributed by atoms with E-state index < -0.39 is 12.3 Å². The summed E-state index contributed by atoms with van der Waals surface area (Å²) in [6.45, 7) is 17.8. The molecule has 0 spiro atoms. The van der Waals surface area contributed by atoms with Crippen molar-refractivity contribution in [1.29, 1.82) is 0 Å². The third kappa shape index (κ3) is 10.8. The van der Waals surface area contributed by atoms with Gasteiger partial charge in [-0.05, 0) is 45.9 Å². The first-order valence-electron chi connectivity index (χ1n) is 11.3. The first-order chi connectivity index (χ1) is 15.2. The van der Waals surface area contributed by atoms with Gasteiger partial charge in [0.05, 0.1) is 11.4 Å². The van der Waals surface area contributed by atoms with Crippen molar-refractivity contribution in [2.75, 3.05) is 0 Å². The molecule has 2 rings (SSSR count). The predicted molar refractivity (Wildman–Crippen MR) is 149 cm³/mol. The summed E-state index contributed by atoms with van der Waals surface area (Å²) in [7, 11) is 20.1. The quantitative estimate of drug-likeness (QED) is 0.235. The van der Waals surface area contributed by atoms with Crippen LogP contribution >= 0.6 is 37.2 Å². The van der Waals surface area contributed by atoms with Gasteiger partial charge >= 0.3 is 49.6 Å². The van der Waals surface area contributed by atoms with Crippen LogP contribution in [0.25, 0.3) is 0 Å². The average molecular weight is 566 g/mol. The van der Waals surface area contributed by atoms with E-state index in [9.17, 15) is 0 Å². The molecular formula is C26H36Cl4N2Ti. The van der Waals surface area contributed by atoms with Crippen LogP contribution in [0.1, 0.15) is 101 Å². The topological polar surface area (TPSA) is 24.7 Å². The molecular weight excluding hydrogens is 530 g/mol. The summed E-state index contributed by atoms with van der Waals surface area (Å²) in [6.07, 6.45) is 3.71. The van der Waals surface area contributed by atoms with E-state index in [0.717, 1.165) is 11.4 Å². The Hall–Kier alpha value is -0.346. The first kappa shape index (κ1) is 30.7. The minimum atomic E-state index is -3.11. The van der Waals surface area contributed by atoms with Gasteiger partial charge in [0.2, 0.25) is 0 Å². The second-order valence-electron chi connectivity index (χ2n) is 9.17. The molecule has 0 saturated heterocycles. The fourth-order valence-corrected chi connectivity index (χ4v) is 3.54. The van der Waals surface area contributed by atoms with Crippen molar-refractivity contribution < 1.29 is 12.3 Å². The summed E-state index contributed by atoms with van der Waals surface area (Å²) < 4.78 is 0. The Morgan fingerprint density at radius 3 is 0.939 bits per heavy atom. The van der Waals surface area contributed by atoms with Gasteiger partial charge in [-0.15, -0.1) is 0 Å². The molecule has 0 radical (unpaired) electrons. The monoisotopic (exact) mass is 564 g/mol. The van der Waals surface area contributed by atoms with Gasteiger partial charge < -0.3 is 0 Å². The number of hydrogen-bond acceptors (Lipinski definition) is 2. The molecule has 2 nitrogen and oxygen atoms in total. The summed E-state index contributed by atoms with van der Waals surface area (Å²) >= 11 is -3.11. The summed E-state index contributed by atoms with van der Waals surface area (Å²) in [4.78, 5) is 9.68. The second-order valence-corrected chi connectivity index (χ2v) is 24.6. The fraction of sp³-hybridized carbons (Fsp3) is 0.462. The number of aliphatic imine (C=N–C) groups is 2. The third-order valence-corrected chi connectivity index (χ3v) is 5.16. The number of halogens is 4. The number of rotatable bonds is 7. The van der Waals surface area contributed by atoms with Crippen molar-refractivity contribution in [3.05, 3.63) is 58.7 Å². The molecule has 0 unspecified atom stereocenters. The summed E-state index contributed by atoms with van der Waals surface area (Å²) in [5, 5.41) is 0. The van der Waals surface area contributed by atoms with Crippen LogP contribution in [0.5, 0.6) is 0 Å². The standard InChI is InChI=1S/C26H36N2.4ClH.Ti/c1-17(2)21-11-9-12-22(18(3)4)25(21)27-15-16-28-26-23(19(5)6)13-10-14-24(26)20(7)8;;;;;/h9-20H,1-8H3;4*1H;/q;;;;;+4/p-4. The van der Waals surface area contributed by atoms with E-state index in [2.05, 4.69) is 91.8 Å². The van der Waals surface area contributed by atoms with Crippen molar-refractivity contribution in [3.63, 3.8) is 0 Å². The number of hydrogen-bond donors (Lipinski definition) is 0. The van der Waals surface area contributed by atoms with E-state index in [1.165, 1.54) is 22.3 Å². The molecule has 0 atom stereocenters. The third-order valence-electron chi connectivity index (χ3n) is 5.16. The maximum atomic E-state index is 5.01. The van der Waals surface area contributed by atoms with Gasteiger partial charge in [-0.1, -0.05) is 91.8 Å². The van der Waals surface area contributed by atoms with Crippen LogP contribution in [0.15, 0.2) is 46.4 Å². The Balaban J connectivity index is 0.000000981. The molecule has 7 heteroatoms. The van der Waals surface area contributed by atoms with Crippen LogP contribution in [-0.2, 0) is 12.3 Å². The van der Waals surface area contributed by atoms with E-state index in [0.29, 0.717) is 23.7 Å². The van der Waals surface area contributed by atoms with Gasteiger partial charge in [0.1, 0.15) is 0 Å². The van der Waals surface area contributed by atoms with E-state index in [4.69, 9.17) is 47.2 Å². The van der Waals surface area contributed by atoms with Crippen molar-refractivity contribution in [2.45, 2.75) is 79.1 Å². The molecule has 0 bridgehead atoms. The van der Waals surface area contributed by atoms with Gasteiger partial charge in [0.15, 0.2) is 0 Å². The number of para-hydroxylation sites is 2. The summed E-state index contributed by atoms with van der Waals surface area (Å²) in [5.74, 6) is 1.77. The molecule has 2 aromatic rings. The van der Waals surface area contributed by atoms with E-state index >= 15 is 0 Å². The van der Waals surface area contributed by atoms with Gasteiger partial charge in [0, 0.05) is 12.4 Å². The Labute approximate surface area is 219 Å². The average Bonchev–Trinajstić information content (AvgIpc) is 2.69. The molecule has 0 aromatic heterocycles. The zero-order valence-corrected chi connectivity index (χ0v) is 25.4. The van der Waals surface area contributed by atoms with Crippen LogP contribution in [0.4, 0.5) is 11.4 Å². The minimum absolute atomic E-state index is 0.442. The van der Waals surface area contributed by atoms with Crippen molar-refractivity contribution >= 4 is 61.0 Å². The van der Waals surface area contributed by atoms with Crippen LogP contribution < -0.4 is 0 Å². The predicted octanol–water partition coefficient (Wildman–Crippen LogP) is 11.0. The summed E-state index contributed by atoms with van der Waals surface area (Å²) in [5.41, 5.74) is 7.37. The van der Waals surface area contributed by atoms with Crippen molar-refractivity contribution in [2.24, 2.45) is 9.98 Å². The Kier molecular flexibility index (Phi) is 13.3. The zero-order valence-electron chi connectivity index (χ0n) is 20.8. The van der Waals surface area contributed by atoms with Crippen LogP contribution in [0, 0.1) is 0 Å². The van der Waals surface area contributed by atoms with Gasteiger partial charge in [0.25, 0.3) is 0 Å². The SMILES string of the molecule is CC(C)c1cccc(C(C)C)c1N=CC=Nc1c(C(C)C)cccc1C(C)C.[Cl][Ti]([Cl])([Cl])[Cl]. The van der Waals surface area contributed by atoms with Crippen LogP contribution in [0.3, 0.4) is 0 Å². The molecule has 0 aliphatic heterocycles. The Morgan fingerprint density at radius 1 is 0.545 bits per heavy atom. The van der Waals surface area contributed by atoms with Crippen LogP contribution in [0.2, 0.25) is 0 Å². The molecule has 0 saturated carbocycles. The molecule has 0 aliphatic carbocycles. The maximum absolute atomic E-state index is 5.01. The molecule has 0 amide bonds. The molecule has 182 valence electrons. The fourth-order valence-electron chi connectivity index (χ4n) is 3.54. The van der Waals surface area contributed by atoms with E-state index in [1.807, 2.05) is 12.4 Å². The first-order valence-corrected chi connectivity index (χ1v) is 19.9. The summed E-state index contributed by atoms with van der Waals surface area (Å²) in [6, 6.07) is 13.0. The van der Waals surface area contributed by atoms with E-state index in [1.54, 1.807) is 0 Å². The van der Waals surface area contributed by atoms with Gasteiger partial charge in [-0.3, -0.25) is 9.98 Å². The van der Waals surface area contributed by atoms with Gasteiger partial charge in [-0.2, -0.15) is 0 Å². The zero-order chi connectivity index (χ0) is 25.3. The normalized spacial score (nSPS) is 12.5. The molecule has 0 fully saturated rings. The van der Waals surface area contributed by atoms with Crippen molar-refractivity contribution in [3.8, 4) is 0 Å². The molecule has 0 aliphatic rings.